The molecule has 1 aliphatic carbocycles. The van der Waals surface area contributed by atoms with Gasteiger partial charge in [-0.15, -0.1) is 0 Å². The number of hydrogen-bond acceptors (Lipinski definition) is 4. The van der Waals surface area contributed by atoms with E-state index in [0.29, 0.717) is 18.0 Å². The molecule has 1 unspecified atom stereocenters. The smallest absolute Gasteiger partial charge is 0.125 e. The number of nitrogens with zero attached hydrogens (tertiary/aromatic N) is 1. The Bertz CT molecular complexity index is 434. The van der Waals surface area contributed by atoms with E-state index < -0.39 is 6.04 Å². The molecule has 0 radical (unpaired) electrons. The van der Waals surface area contributed by atoms with Gasteiger partial charge in [0.1, 0.15) is 11.6 Å². The summed E-state index contributed by atoms with van der Waals surface area (Å²) in [5.41, 5.74) is 7.11. The van der Waals surface area contributed by atoms with Crippen LogP contribution in [0.3, 0.4) is 0 Å². The fourth-order valence-electron chi connectivity index (χ4n) is 1.65. The van der Waals surface area contributed by atoms with Crippen LogP contribution >= 0.6 is 0 Å². The summed E-state index contributed by atoms with van der Waals surface area (Å²) in [6.45, 7) is -0.159. The molecule has 0 saturated heterocycles. The van der Waals surface area contributed by atoms with Crippen molar-refractivity contribution in [2.45, 2.75) is 18.9 Å². The van der Waals surface area contributed by atoms with Crippen LogP contribution in [0, 0.1) is 0 Å². The van der Waals surface area contributed by atoms with Gasteiger partial charge >= 0.3 is 0 Å². The van der Waals surface area contributed by atoms with Crippen LogP contribution in [0.5, 0.6) is 0 Å². The van der Waals surface area contributed by atoms with E-state index in [-0.39, 0.29) is 6.61 Å². The first-order chi connectivity index (χ1) is 7.72. The normalized spacial score (nSPS) is 17.9. The number of aromatic amines is 1. The van der Waals surface area contributed by atoms with Gasteiger partial charge in [-0.1, -0.05) is 12.2 Å². The largest absolute Gasteiger partial charge is 0.512 e. The van der Waals surface area contributed by atoms with E-state index >= 15 is 0 Å². The van der Waals surface area contributed by atoms with Gasteiger partial charge in [-0.05, 0) is 6.42 Å². The maximum atomic E-state index is 9.73. The van der Waals surface area contributed by atoms with Gasteiger partial charge in [0.15, 0.2) is 0 Å². The van der Waals surface area contributed by atoms with E-state index in [2.05, 4.69) is 9.97 Å². The minimum absolute atomic E-state index is 0.159. The van der Waals surface area contributed by atoms with Gasteiger partial charge in [-0.3, -0.25) is 0 Å². The van der Waals surface area contributed by atoms with Crippen molar-refractivity contribution in [3.63, 3.8) is 0 Å². The molecule has 1 heterocycles. The summed E-state index contributed by atoms with van der Waals surface area (Å²) < 4.78 is 0. The molecule has 1 aliphatic rings. The number of nitrogens with one attached hydrogen (secondary N) is 1. The summed E-state index contributed by atoms with van der Waals surface area (Å²) in [5, 5.41) is 18.6. The van der Waals surface area contributed by atoms with E-state index in [0.717, 1.165) is 17.7 Å². The zero-order valence-electron chi connectivity index (χ0n) is 8.85. The Balaban J connectivity index is 2.28. The molecule has 0 aromatic carbocycles. The summed E-state index contributed by atoms with van der Waals surface area (Å²) >= 11 is 0. The number of aliphatic hydroxyl groups excluding tert-OH is 2. The Morgan fingerprint density at radius 2 is 2.38 bits per heavy atom. The standard InChI is InChI=1S/C11H15N3O2/c12-8(6-15)11-13-5-9(14-11)7-3-1-2-4-10(7)16/h1,3,5,8,15-16H,2,4,6,12H2,(H,13,14). The molecule has 1 aromatic rings. The summed E-state index contributed by atoms with van der Waals surface area (Å²) in [4.78, 5) is 7.08. The van der Waals surface area contributed by atoms with Crippen LogP contribution in [0.25, 0.3) is 5.57 Å². The van der Waals surface area contributed by atoms with Crippen LogP contribution in [0.1, 0.15) is 30.4 Å². The van der Waals surface area contributed by atoms with Gasteiger partial charge in [0.25, 0.3) is 0 Å². The zero-order valence-corrected chi connectivity index (χ0v) is 8.85. The van der Waals surface area contributed by atoms with Gasteiger partial charge in [0.05, 0.1) is 24.5 Å². The zero-order chi connectivity index (χ0) is 11.5. The monoisotopic (exact) mass is 221 g/mol. The fraction of sp³-hybridized carbons (Fsp3) is 0.364. The van der Waals surface area contributed by atoms with Crippen molar-refractivity contribution in [1.29, 1.82) is 0 Å². The minimum atomic E-state index is -0.510. The molecule has 1 aromatic heterocycles. The third-order valence-electron chi connectivity index (χ3n) is 2.58. The molecule has 1 atom stereocenters. The van der Waals surface area contributed by atoms with Crippen molar-refractivity contribution in [3.05, 3.63) is 35.6 Å². The number of nitrogens with two attached hydrogens (primary N) is 1. The number of aromatic nitrogens is 2. The molecule has 2 rings (SSSR count). The molecule has 0 fully saturated rings. The molecule has 0 aliphatic heterocycles. The molecule has 5 heteroatoms. The SMILES string of the molecule is NC(CO)c1ncc(C2=C(O)CCC=C2)[nH]1. The second kappa shape index (κ2) is 4.51. The molecule has 0 amide bonds. The highest BCUT2D eigenvalue weighted by molar-refractivity contribution is 5.73. The molecule has 0 saturated carbocycles. The van der Waals surface area contributed by atoms with Crippen LogP contribution in [0.4, 0.5) is 0 Å². The predicted molar refractivity (Wildman–Crippen MR) is 60.5 cm³/mol. The van der Waals surface area contributed by atoms with E-state index in [9.17, 15) is 5.11 Å². The highest BCUT2D eigenvalue weighted by atomic mass is 16.3. The van der Waals surface area contributed by atoms with Crippen LogP contribution in [0.15, 0.2) is 24.1 Å². The molecule has 86 valence electrons. The Kier molecular flexibility index (Phi) is 3.07. The minimum Gasteiger partial charge on any atom is -0.512 e. The molecular formula is C11H15N3O2. The van der Waals surface area contributed by atoms with Crippen molar-refractivity contribution < 1.29 is 10.2 Å². The maximum absolute atomic E-state index is 9.73. The van der Waals surface area contributed by atoms with Crippen LogP contribution in [0.2, 0.25) is 0 Å². The molecule has 5 N–H and O–H groups in total. The maximum Gasteiger partial charge on any atom is 0.125 e. The second-order valence-corrected chi connectivity index (χ2v) is 3.77. The Labute approximate surface area is 93.3 Å². The molecule has 0 spiro atoms. The Morgan fingerprint density at radius 3 is 3.06 bits per heavy atom. The average molecular weight is 221 g/mol. The highest BCUT2D eigenvalue weighted by Gasteiger charge is 2.14. The number of imidazole rings is 1. The van der Waals surface area contributed by atoms with Crippen molar-refractivity contribution in [1.82, 2.24) is 9.97 Å². The van der Waals surface area contributed by atoms with E-state index in [1.165, 1.54) is 0 Å². The highest BCUT2D eigenvalue weighted by Crippen LogP contribution is 2.25. The quantitative estimate of drug-likeness (QED) is 0.613. The van der Waals surface area contributed by atoms with Crippen molar-refractivity contribution >= 4 is 5.57 Å². The first kappa shape index (κ1) is 10.9. The van der Waals surface area contributed by atoms with Gasteiger partial charge < -0.3 is 20.9 Å². The first-order valence-electron chi connectivity index (χ1n) is 5.22. The Morgan fingerprint density at radius 1 is 1.56 bits per heavy atom. The third-order valence-corrected chi connectivity index (χ3v) is 2.58. The van der Waals surface area contributed by atoms with Gasteiger partial charge in [0, 0.05) is 12.0 Å². The topological polar surface area (TPSA) is 95.2 Å². The number of hydrogen-bond donors (Lipinski definition) is 4. The van der Waals surface area contributed by atoms with Crippen LogP contribution < -0.4 is 5.73 Å². The fourth-order valence-corrected chi connectivity index (χ4v) is 1.65. The number of H-pyrrole nitrogens is 1. The van der Waals surface area contributed by atoms with E-state index in [1.807, 2.05) is 12.2 Å². The molecule has 0 bridgehead atoms. The average Bonchev–Trinajstić information content (AvgIpc) is 2.78. The van der Waals surface area contributed by atoms with Crippen molar-refractivity contribution in [2.24, 2.45) is 5.73 Å². The van der Waals surface area contributed by atoms with E-state index in [4.69, 9.17) is 10.8 Å². The van der Waals surface area contributed by atoms with Crippen LogP contribution in [-0.2, 0) is 0 Å². The summed E-state index contributed by atoms with van der Waals surface area (Å²) in [6, 6.07) is -0.510. The van der Waals surface area contributed by atoms with Gasteiger partial charge in [-0.25, -0.2) is 4.98 Å². The molecule has 16 heavy (non-hydrogen) atoms. The van der Waals surface area contributed by atoms with Crippen molar-refractivity contribution in [2.75, 3.05) is 6.61 Å². The number of aliphatic hydroxyl groups is 2. The predicted octanol–water partition coefficient (Wildman–Crippen LogP) is 1.02. The van der Waals surface area contributed by atoms with Crippen LogP contribution in [-0.4, -0.2) is 26.8 Å². The van der Waals surface area contributed by atoms with Gasteiger partial charge in [0.2, 0.25) is 0 Å². The van der Waals surface area contributed by atoms with Gasteiger partial charge in [-0.2, -0.15) is 0 Å². The molecular weight excluding hydrogens is 206 g/mol. The summed E-state index contributed by atoms with van der Waals surface area (Å²) in [6.07, 6.45) is 6.98. The lowest BCUT2D eigenvalue weighted by atomic mass is 10.0. The lowest BCUT2D eigenvalue weighted by molar-refractivity contribution is 0.264. The first-order valence-corrected chi connectivity index (χ1v) is 5.22. The number of allylic oxidation sites excluding steroid dienone is 4. The second-order valence-electron chi connectivity index (χ2n) is 3.77. The summed E-state index contributed by atoms with van der Waals surface area (Å²) in [5.74, 6) is 0.882. The lowest BCUT2D eigenvalue weighted by Gasteiger charge is -2.09. The number of rotatable bonds is 3. The Hall–Kier alpha value is -1.59. The van der Waals surface area contributed by atoms with E-state index in [1.54, 1.807) is 6.20 Å². The molecule has 5 nitrogen and oxygen atoms in total. The third kappa shape index (κ3) is 2.00. The van der Waals surface area contributed by atoms with Crippen molar-refractivity contribution in [3.8, 4) is 0 Å². The lowest BCUT2D eigenvalue weighted by Crippen LogP contribution is -2.16. The summed E-state index contributed by atoms with van der Waals surface area (Å²) in [7, 11) is 0.